The number of rotatable bonds is 4. The summed E-state index contributed by atoms with van der Waals surface area (Å²) in [6.07, 6.45) is 6.69. The van der Waals surface area contributed by atoms with E-state index in [1.165, 1.54) is 12.6 Å². The van der Waals surface area contributed by atoms with Crippen molar-refractivity contribution in [1.29, 1.82) is 0 Å². The Hall–Kier alpha value is -2.31. The summed E-state index contributed by atoms with van der Waals surface area (Å²) in [5.41, 5.74) is 5.69. The van der Waals surface area contributed by atoms with Crippen LogP contribution in [0.4, 0.5) is 0 Å². The molecule has 29 heavy (non-hydrogen) atoms. The minimum atomic E-state index is -0.765. The lowest BCUT2D eigenvalue weighted by molar-refractivity contribution is -0.139. The van der Waals surface area contributed by atoms with Crippen LogP contribution in [0.3, 0.4) is 0 Å². The molecule has 0 unspecified atom stereocenters. The molecule has 0 radical (unpaired) electrons. The molecule has 2 aromatic rings. The number of nitrogens with zero attached hydrogens (tertiary/aromatic N) is 2. The van der Waals surface area contributed by atoms with Crippen LogP contribution in [0.15, 0.2) is 29.4 Å². The monoisotopic (exact) mass is 434 g/mol. The number of aryl methyl sites for hydroxylation is 1. The van der Waals surface area contributed by atoms with Crippen molar-refractivity contribution in [1.82, 2.24) is 15.3 Å². The lowest BCUT2D eigenvalue weighted by Crippen LogP contribution is -2.44. The summed E-state index contributed by atoms with van der Waals surface area (Å²) in [5, 5.41) is 7.88. The van der Waals surface area contributed by atoms with E-state index in [0.29, 0.717) is 10.0 Å². The van der Waals surface area contributed by atoms with Crippen LogP contribution >= 0.6 is 23.2 Å². The van der Waals surface area contributed by atoms with Crippen molar-refractivity contribution >= 4 is 41.2 Å². The Morgan fingerprint density at radius 1 is 1.10 bits per heavy atom. The molecule has 0 aliphatic heterocycles. The maximum absolute atomic E-state index is 12.0. The van der Waals surface area contributed by atoms with Gasteiger partial charge in [0.25, 0.3) is 0 Å². The number of carbonyl (C=O) groups is 2. The molecule has 3 rings (SSSR count). The van der Waals surface area contributed by atoms with Crippen molar-refractivity contribution < 1.29 is 9.59 Å². The first kappa shape index (κ1) is 21.4. The van der Waals surface area contributed by atoms with Gasteiger partial charge in [0.05, 0.1) is 16.9 Å². The highest BCUT2D eigenvalue weighted by molar-refractivity contribution is 6.35. The Labute approximate surface area is 180 Å². The minimum absolute atomic E-state index is 0.0763. The zero-order valence-electron chi connectivity index (χ0n) is 16.5. The Morgan fingerprint density at radius 3 is 2.55 bits per heavy atom. The molecule has 1 saturated carbocycles. The summed E-state index contributed by atoms with van der Waals surface area (Å²) in [6, 6.07) is 7.27. The van der Waals surface area contributed by atoms with E-state index in [0.717, 1.165) is 48.3 Å². The van der Waals surface area contributed by atoms with Crippen LogP contribution in [-0.4, -0.2) is 28.6 Å². The van der Waals surface area contributed by atoms with Gasteiger partial charge in [-0.15, -0.1) is 0 Å². The smallest absolute Gasteiger partial charge is 0.329 e. The zero-order valence-corrected chi connectivity index (χ0v) is 18.0. The SMILES string of the molecule is Cc1cc(/C=N\NC(=O)C(=O)NC2CCCCC2)c(C)n1-c1cc(Cl)ccc1Cl. The molecular formula is C21H24Cl2N4O2. The third-order valence-electron chi connectivity index (χ3n) is 5.14. The first-order valence-electron chi connectivity index (χ1n) is 9.65. The Kier molecular flexibility index (Phi) is 6.98. The van der Waals surface area contributed by atoms with Crippen molar-refractivity contribution in [2.45, 2.75) is 52.0 Å². The molecule has 1 fully saturated rings. The highest BCUT2D eigenvalue weighted by Gasteiger charge is 2.20. The van der Waals surface area contributed by atoms with Gasteiger partial charge in [0.2, 0.25) is 0 Å². The van der Waals surface area contributed by atoms with Gasteiger partial charge in [-0.2, -0.15) is 5.10 Å². The van der Waals surface area contributed by atoms with E-state index < -0.39 is 11.8 Å². The molecule has 1 heterocycles. The van der Waals surface area contributed by atoms with E-state index in [1.54, 1.807) is 18.2 Å². The average Bonchev–Trinajstić information content (AvgIpc) is 2.98. The summed E-state index contributed by atoms with van der Waals surface area (Å²) in [6.45, 7) is 3.86. The van der Waals surface area contributed by atoms with Gasteiger partial charge in [-0.05, 0) is 51.0 Å². The maximum atomic E-state index is 12.0. The minimum Gasteiger partial charge on any atom is -0.345 e. The molecule has 2 N–H and O–H groups in total. The molecule has 1 aromatic carbocycles. The van der Waals surface area contributed by atoms with Crippen LogP contribution in [0.5, 0.6) is 0 Å². The molecule has 8 heteroatoms. The topological polar surface area (TPSA) is 75.5 Å². The fraction of sp³-hybridized carbons (Fsp3) is 0.381. The van der Waals surface area contributed by atoms with Gasteiger partial charge in [-0.25, -0.2) is 5.43 Å². The Bertz CT molecular complexity index is 946. The summed E-state index contributed by atoms with van der Waals surface area (Å²) < 4.78 is 1.97. The molecule has 6 nitrogen and oxygen atoms in total. The van der Waals surface area contributed by atoms with E-state index in [4.69, 9.17) is 23.2 Å². The number of hydrogen-bond donors (Lipinski definition) is 2. The first-order valence-corrected chi connectivity index (χ1v) is 10.4. The van der Waals surface area contributed by atoms with E-state index in [-0.39, 0.29) is 6.04 Å². The first-order chi connectivity index (χ1) is 13.9. The number of nitrogens with one attached hydrogen (secondary N) is 2. The number of benzene rings is 1. The molecular weight excluding hydrogens is 411 g/mol. The number of aromatic nitrogens is 1. The van der Waals surface area contributed by atoms with Crippen LogP contribution < -0.4 is 10.7 Å². The molecule has 1 aromatic heterocycles. The quantitative estimate of drug-likeness (QED) is 0.427. The lowest BCUT2D eigenvalue weighted by atomic mass is 9.95. The largest absolute Gasteiger partial charge is 0.345 e. The molecule has 1 aliphatic rings. The maximum Gasteiger partial charge on any atom is 0.329 e. The normalized spacial score (nSPS) is 14.9. The number of hydrazone groups is 1. The second-order valence-electron chi connectivity index (χ2n) is 7.27. The lowest BCUT2D eigenvalue weighted by Gasteiger charge is -2.22. The van der Waals surface area contributed by atoms with Crippen molar-refractivity contribution in [2.24, 2.45) is 5.10 Å². The van der Waals surface area contributed by atoms with Crippen molar-refractivity contribution in [2.75, 3.05) is 0 Å². The summed E-state index contributed by atoms with van der Waals surface area (Å²) in [5.74, 6) is -1.41. The number of hydrogen-bond acceptors (Lipinski definition) is 3. The Balaban J connectivity index is 1.67. The third-order valence-corrected chi connectivity index (χ3v) is 5.69. The molecule has 154 valence electrons. The van der Waals surface area contributed by atoms with Gasteiger partial charge in [0.1, 0.15) is 0 Å². The predicted molar refractivity (Wildman–Crippen MR) is 116 cm³/mol. The van der Waals surface area contributed by atoms with E-state index >= 15 is 0 Å². The van der Waals surface area contributed by atoms with Crippen molar-refractivity contribution in [3.63, 3.8) is 0 Å². The van der Waals surface area contributed by atoms with Gasteiger partial charge in [0.15, 0.2) is 0 Å². The van der Waals surface area contributed by atoms with Crippen LogP contribution in [0.1, 0.15) is 49.1 Å². The fourth-order valence-electron chi connectivity index (χ4n) is 3.66. The van der Waals surface area contributed by atoms with Crippen molar-refractivity contribution in [3.05, 3.63) is 51.3 Å². The average molecular weight is 435 g/mol. The molecule has 0 saturated heterocycles. The van der Waals surface area contributed by atoms with Crippen LogP contribution in [0.25, 0.3) is 5.69 Å². The standard InChI is InChI=1S/C21H24Cl2N4O2/c1-13-10-15(14(2)27(13)19-11-16(22)8-9-18(19)23)12-24-26-21(29)20(28)25-17-6-4-3-5-7-17/h8-12,17H,3-7H2,1-2H3,(H,25,28)(H,26,29)/b24-12-. The second-order valence-corrected chi connectivity index (χ2v) is 8.11. The van der Waals surface area contributed by atoms with Gasteiger partial charge in [-0.3, -0.25) is 9.59 Å². The molecule has 0 spiro atoms. The number of halogens is 2. The molecule has 0 bridgehead atoms. The third kappa shape index (κ3) is 5.19. The van der Waals surface area contributed by atoms with E-state index in [9.17, 15) is 9.59 Å². The summed E-state index contributed by atoms with van der Waals surface area (Å²) >= 11 is 12.4. The summed E-state index contributed by atoms with van der Waals surface area (Å²) in [7, 11) is 0. The van der Waals surface area contributed by atoms with Crippen LogP contribution in [-0.2, 0) is 9.59 Å². The number of amides is 2. The number of carbonyl (C=O) groups excluding carboxylic acids is 2. The van der Waals surface area contributed by atoms with Gasteiger partial charge < -0.3 is 9.88 Å². The molecule has 1 aliphatic carbocycles. The molecule has 2 amide bonds. The van der Waals surface area contributed by atoms with Crippen LogP contribution in [0, 0.1) is 13.8 Å². The van der Waals surface area contributed by atoms with Gasteiger partial charge in [-0.1, -0.05) is 42.5 Å². The van der Waals surface area contributed by atoms with Gasteiger partial charge >= 0.3 is 11.8 Å². The van der Waals surface area contributed by atoms with E-state index in [2.05, 4.69) is 15.8 Å². The van der Waals surface area contributed by atoms with Crippen molar-refractivity contribution in [3.8, 4) is 5.69 Å². The van der Waals surface area contributed by atoms with E-state index in [1.807, 2.05) is 24.5 Å². The highest BCUT2D eigenvalue weighted by Crippen LogP contribution is 2.28. The fourth-order valence-corrected chi connectivity index (χ4v) is 4.02. The van der Waals surface area contributed by atoms with Gasteiger partial charge in [0, 0.05) is 28.0 Å². The predicted octanol–water partition coefficient (Wildman–Crippen LogP) is 4.30. The van der Waals surface area contributed by atoms with Crippen LogP contribution in [0.2, 0.25) is 10.0 Å². The Morgan fingerprint density at radius 2 is 1.83 bits per heavy atom. The molecule has 0 atom stereocenters. The zero-order chi connectivity index (χ0) is 21.0. The second kappa shape index (κ2) is 9.46. The highest BCUT2D eigenvalue weighted by atomic mass is 35.5. The summed E-state index contributed by atoms with van der Waals surface area (Å²) in [4.78, 5) is 24.0.